The number of hydrogen-bond donors (Lipinski definition) is 1. The van der Waals surface area contributed by atoms with Gasteiger partial charge in [-0.25, -0.2) is 19.0 Å². The molecule has 0 saturated heterocycles. The fourth-order valence-electron chi connectivity index (χ4n) is 3.10. The Morgan fingerprint density at radius 1 is 1.11 bits per heavy atom. The molecule has 4 rings (SSSR count). The first-order valence-corrected chi connectivity index (χ1v) is 9.16. The Bertz CT molecular complexity index is 1090. The molecule has 1 atom stereocenters. The lowest BCUT2D eigenvalue weighted by molar-refractivity contribution is 0.581. The van der Waals surface area contributed by atoms with Gasteiger partial charge in [-0.15, -0.1) is 5.10 Å². The molecule has 3 heterocycles. The van der Waals surface area contributed by atoms with Gasteiger partial charge in [-0.1, -0.05) is 30.3 Å². The second kappa shape index (κ2) is 7.77. The average Bonchev–Trinajstić information content (AvgIpc) is 3.12. The SMILES string of the molecule is CCCc1nc(C(N)c2ccncc2)c2nnn(Cc3ccccc3F)c2n1. The van der Waals surface area contributed by atoms with Crippen LogP contribution in [0, 0.1) is 5.82 Å². The summed E-state index contributed by atoms with van der Waals surface area (Å²) < 4.78 is 15.7. The van der Waals surface area contributed by atoms with E-state index in [1.54, 1.807) is 35.3 Å². The van der Waals surface area contributed by atoms with Crippen molar-refractivity contribution in [2.45, 2.75) is 32.4 Å². The van der Waals surface area contributed by atoms with Gasteiger partial charge in [0.1, 0.15) is 11.6 Å². The summed E-state index contributed by atoms with van der Waals surface area (Å²) in [6.45, 7) is 2.29. The van der Waals surface area contributed by atoms with Crippen molar-refractivity contribution < 1.29 is 4.39 Å². The third kappa shape index (κ3) is 3.46. The molecular weight excluding hydrogens is 357 g/mol. The molecule has 28 heavy (non-hydrogen) atoms. The van der Waals surface area contributed by atoms with Crippen molar-refractivity contribution in [3.8, 4) is 0 Å². The van der Waals surface area contributed by atoms with Crippen LogP contribution >= 0.6 is 0 Å². The van der Waals surface area contributed by atoms with E-state index in [0.717, 1.165) is 12.0 Å². The molecular formula is C20H20FN7. The Morgan fingerprint density at radius 3 is 2.64 bits per heavy atom. The summed E-state index contributed by atoms with van der Waals surface area (Å²) in [6, 6.07) is 9.81. The third-order valence-corrected chi connectivity index (χ3v) is 4.55. The average molecular weight is 377 g/mol. The number of hydrogen-bond acceptors (Lipinski definition) is 6. The first kappa shape index (κ1) is 18.1. The number of fused-ring (bicyclic) bond motifs is 1. The Labute approximate surface area is 161 Å². The zero-order valence-electron chi connectivity index (χ0n) is 15.5. The molecule has 2 N–H and O–H groups in total. The maximum atomic E-state index is 14.1. The molecule has 8 heteroatoms. The van der Waals surface area contributed by atoms with Crippen LogP contribution in [0.15, 0.2) is 48.8 Å². The van der Waals surface area contributed by atoms with Crippen molar-refractivity contribution in [2.24, 2.45) is 5.73 Å². The number of halogens is 1. The Kier molecular flexibility index (Phi) is 5.03. The molecule has 0 saturated carbocycles. The molecule has 0 fully saturated rings. The minimum absolute atomic E-state index is 0.232. The van der Waals surface area contributed by atoms with Crippen molar-refractivity contribution in [1.29, 1.82) is 0 Å². The van der Waals surface area contributed by atoms with Gasteiger partial charge in [0.15, 0.2) is 11.2 Å². The summed E-state index contributed by atoms with van der Waals surface area (Å²) >= 11 is 0. The topological polar surface area (TPSA) is 95.4 Å². The Morgan fingerprint density at radius 2 is 1.89 bits per heavy atom. The predicted molar refractivity (Wildman–Crippen MR) is 103 cm³/mol. The van der Waals surface area contributed by atoms with Crippen molar-refractivity contribution >= 4 is 11.2 Å². The van der Waals surface area contributed by atoms with Gasteiger partial charge in [0.2, 0.25) is 0 Å². The van der Waals surface area contributed by atoms with Crippen LogP contribution in [0.4, 0.5) is 4.39 Å². The predicted octanol–water partition coefficient (Wildman–Crippen LogP) is 2.80. The molecule has 0 amide bonds. The standard InChI is InChI=1S/C20H20FN7/c1-2-5-16-24-18(17(22)13-8-10-23-11-9-13)19-20(25-16)28(27-26-19)12-14-6-3-4-7-15(14)21/h3-4,6-11,17H,2,5,12,22H2,1H3. The molecule has 4 aromatic rings. The van der Waals surface area contributed by atoms with Crippen LogP contribution in [-0.2, 0) is 13.0 Å². The minimum Gasteiger partial charge on any atom is -0.319 e. The summed E-state index contributed by atoms with van der Waals surface area (Å²) in [7, 11) is 0. The summed E-state index contributed by atoms with van der Waals surface area (Å²) in [6.07, 6.45) is 4.98. The number of aryl methyl sites for hydroxylation is 1. The molecule has 0 aliphatic carbocycles. The van der Waals surface area contributed by atoms with Crippen molar-refractivity contribution in [2.75, 3.05) is 0 Å². The maximum absolute atomic E-state index is 14.1. The zero-order valence-corrected chi connectivity index (χ0v) is 15.5. The van der Waals surface area contributed by atoms with E-state index in [0.29, 0.717) is 34.7 Å². The number of aromatic nitrogens is 6. The van der Waals surface area contributed by atoms with E-state index in [2.05, 4.69) is 32.2 Å². The highest BCUT2D eigenvalue weighted by atomic mass is 19.1. The van der Waals surface area contributed by atoms with Crippen LogP contribution in [0.3, 0.4) is 0 Å². The first-order chi connectivity index (χ1) is 13.7. The Hall–Kier alpha value is -3.26. The monoisotopic (exact) mass is 377 g/mol. The summed E-state index contributed by atoms with van der Waals surface area (Å²) in [5, 5.41) is 8.46. The summed E-state index contributed by atoms with van der Waals surface area (Å²) in [4.78, 5) is 13.3. The van der Waals surface area contributed by atoms with Gasteiger partial charge in [0.05, 0.1) is 18.3 Å². The van der Waals surface area contributed by atoms with Crippen LogP contribution in [0.25, 0.3) is 11.2 Å². The van der Waals surface area contributed by atoms with Crippen LogP contribution < -0.4 is 5.73 Å². The van der Waals surface area contributed by atoms with E-state index in [9.17, 15) is 4.39 Å². The molecule has 1 aromatic carbocycles. The van der Waals surface area contributed by atoms with Gasteiger partial charge in [-0.05, 0) is 30.2 Å². The lowest BCUT2D eigenvalue weighted by Gasteiger charge is -2.13. The molecule has 142 valence electrons. The molecule has 0 aliphatic rings. The van der Waals surface area contributed by atoms with Gasteiger partial charge in [0, 0.05) is 24.4 Å². The van der Waals surface area contributed by atoms with Gasteiger partial charge in [0.25, 0.3) is 0 Å². The third-order valence-electron chi connectivity index (χ3n) is 4.55. The second-order valence-electron chi connectivity index (χ2n) is 6.54. The molecule has 0 radical (unpaired) electrons. The zero-order chi connectivity index (χ0) is 19.5. The van der Waals surface area contributed by atoms with Crippen molar-refractivity contribution in [1.82, 2.24) is 29.9 Å². The van der Waals surface area contributed by atoms with Crippen LogP contribution in [0.1, 0.15) is 42.0 Å². The van der Waals surface area contributed by atoms with Crippen LogP contribution in [-0.4, -0.2) is 29.9 Å². The fraction of sp³-hybridized carbons (Fsp3) is 0.250. The van der Waals surface area contributed by atoms with Gasteiger partial charge < -0.3 is 5.73 Å². The van der Waals surface area contributed by atoms with Gasteiger partial charge >= 0.3 is 0 Å². The van der Waals surface area contributed by atoms with E-state index in [1.807, 2.05) is 12.1 Å². The van der Waals surface area contributed by atoms with E-state index in [1.165, 1.54) is 6.07 Å². The summed E-state index contributed by atoms with van der Waals surface area (Å²) in [5.74, 6) is 0.384. The first-order valence-electron chi connectivity index (χ1n) is 9.16. The van der Waals surface area contributed by atoms with Crippen molar-refractivity contribution in [3.63, 3.8) is 0 Å². The number of pyridine rings is 1. The largest absolute Gasteiger partial charge is 0.319 e. The van der Waals surface area contributed by atoms with Crippen LogP contribution in [0.2, 0.25) is 0 Å². The van der Waals surface area contributed by atoms with E-state index < -0.39 is 6.04 Å². The number of nitrogens with two attached hydrogens (primary N) is 1. The lowest BCUT2D eigenvalue weighted by atomic mass is 10.1. The van der Waals surface area contributed by atoms with E-state index in [-0.39, 0.29) is 12.4 Å². The lowest BCUT2D eigenvalue weighted by Crippen LogP contribution is -2.16. The minimum atomic E-state index is -0.484. The Balaban J connectivity index is 1.82. The number of nitrogens with zero attached hydrogens (tertiary/aromatic N) is 6. The van der Waals surface area contributed by atoms with Crippen LogP contribution in [0.5, 0.6) is 0 Å². The van der Waals surface area contributed by atoms with E-state index in [4.69, 9.17) is 5.73 Å². The summed E-state index contributed by atoms with van der Waals surface area (Å²) in [5.41, 5.74) is 9.57. The van der Waals surface area contributed by atoms with E-state index >= 15 is 0 Å². The molecule has 3 aromatic heterocycles. The fourth-order valence-corrected chi connectivity index (χ4v) is 3.10. The van der Waals surface area contributed by atoms with Gasteiger partial charge in [-0.2, -0.15) is 0 Å². The normalized spacial score (nSPS) is 12.4. The maximum Gasteiger partial charge on any atom is 0.182 e. The molecule has 7 nitrogen and oxygen atoms in total. The molecule has 0 bridgehead atoms. The highest BCUT2D eigenvalue weighted by molar-refractivity contribution is 5.73. The highest BCUT2D eigenvalue weighted by Gasteiger charge is 2.21. The highest BCUT2D eigenvalue weighted by Crippen LogP contribution is 2.24. The second-order valence-corrected chi connectivity index (χ2v) is 6.54. The quantitative estimate of drug-likeness (QED) is 0.555. The molecule has 1 unspecified atom stereocenters. The number of benzene rings is 1. The molecule has 0 spiro atoms. The smallest absolute Gasteiger partial charge is 0.182 e. The molecule has 0 aliphatic heterocycles. The number of rotatable bonds is 6. The van der Waals surface area contributed by atoms with Gasteiger partial charge in [-0.3, -0.25) is 4.98 Å². The van der Waals surface area contributed by atoms with Crippen molar-refractivity contribution in [3.05, 3.63) is 77.3 Å².